The third-order valence-electron chi connectivity index (χ3n) is 5.66. The predicted octanol–water partition coefficient (Wildman–Crippen LogP) is 4.25. The molecule has 1 aliphatic heterocycles. The monoisotopic (exact) mass is 516 g/mol. The fourth-order valence-electron chi connectivity index (χ4n) is 3.84. The number of anilines is 2. The highest BCUT2D eigenvalue weighted by molar-refractivity contribution is 7.89. The van der Waals surface area contributed by atoms with Crippen LogP contribution in [-0.2, 0) is 10.0 Å². The van der Waals surface area contributed by atoms with Crippen molar-refractivity contribution < 1.29 is 18.1 Å². The number of ether oxygens (including phenoxy) is 1. The minimum atomic E-state index is -3.62. The van der Waals surface area contributed by atoms with Gasteiger partial charge in [0.25, 0.3) is 5.69 Å². The van der Waals surface area contributed by atoms with Gasteiger partial charge in [-0.2, -0.15) is 4.31 Å². The lowest BCUT2D eigenvalue weighted by atomic mass is 10.2. The van der Waals surface area contributed by atoms with E-state index in [1.807, 2.05) is 35.2 Å². The zero-order valence-corrected chi connectivity index (χ0v) is 20.4. The summed E-state index contributed by atoms with van der Waals surface area (Å²) >= 11 is 5.88. The van der Waals surface area contributed by atoms with Crippen LogP contribution in [0.25, 0.3) is 0 Å². The van der Waals surface area contributed by atoms with E-state index in [1.54, 1.807) is 24.3 Å². The minimum absolute atomic E-state index is 0.0302. The SMILES string of the molecule is O=[N+]([O-])c1ccc(N2CCN(S(=O)(=O)c3ccc(Cl)cc3)CC2)cc1NCCOc1ccccc1. The second-order valence-electron chi connectivity index (χ2n) is 7.89. The number of para-hydroxylation sites is 1. The van der Waals surface area contributed by atoms with Crippen LogP contribution in [0, 0.1) is 10.1 Å². The van der Waals surface area contributed by atoms with Crippen molar-refractivity contribution in [2.45, 2.75) is 4.90 Å². The molecular formula is C24H25ClN4O5S. The number of halogens is 1. The molecular weight excluding hydrogens is 492 g/mol. The molecule has 11 heteroatoms. The summed E-state index contributed by atoms with van der Waals surface area (Å²) in [7, 11) is -3.62. The largest absolute Gasteiger partial charge is 0.492 e. The van der Waals surface area contributed by atoms with Crippen molar-refractivity contribution in [1.29, 1.82) is 0 Å². The smallest absolute Gasteiger partial charge is 0.292 e. The van der Waals surface area contributed by atoms with Crippen LogP contribution in [0.3, 0.4) is 0 Å². The fourth-order valence-corrected chi connectivity index (χ4v) is 5.38. The van der Waals surface area contributed by atoms with Gasteiger partial charge in [0.2, 0.25) is 10.0 Å². The van der Waals surface area contributed by atoms with Crippen LogP contribution in [0.15, 0.2) is 77.7 Å². The van der Waals surface area contributed by atoms with E-state index in [0.29, 0.717) is 50.0 Å². The number of sulfonamides is 1. The molecule has 3 aromatic rings. The maximum absolute atomic E-state index is 12.9. The molecule has 35 heavy (non-hydrogen) atoms. The molecule has 0 aliphatic carbocycles. The molecule has 0 saturated carbocycles. The highest BCUT2D eigenvalue weighted by atomic mass is 35.5. The first kappa shape index (κ1) is 24.8. The van der Waals surface area contributed by atoms with Gasteiger partial charge in [0.1, 0.15) is 18.0 Å². The summed E-state index contributed by atoms with van der Waals surface area (Å²) in [5.41, 5.74) is 1.14. The standard InChI is InChI=1S/C24H25ClN4O5S/c25-19-6-9-22(10-7-19)35(32,33)28-15-13-27(14-16-28)20-8-11-24(29(30)31)23(18-20)26-12-17-34-21-4-2-1-3-5-21/h1-11,18,26H,12-17H2. The average Bonchev–Trinajstić information content (AvgIpc) is 2.87. The van der Waals surface area contributed by atoms with Crippen molar-refractivity contribution in [3.8, 4) is 5.75 Å². The van der Waals surface area contributed by atoms with Crippen molar-refractivity contribution in [3.63, 3.8) is 0 Å². The van der Waals surface area contributed by atoms with Gasteiger partial charge in [0, 0.05) is 49.5 Å². The van der Waals surface area contributed by atoms with E-state index in [-0.39, 0.29) is 10.6 Å². The maximum Gasteiger partial charge on any atom is 0.292 e. The normalized spacial score (nSPS) is 14.5. The van der Waals surface area contributed by atoms with Crippen LogP contribution in [-0.4, -0.2) is 57.0 Å². The summed E-state index contributed by atoms with van der Waals surface area (Å²) in [6, 6.07) is 20.3. The summed E-state index contributed by atoms with van der Waals surface area (Å²) < 4.78 is 33.0. The van der Waals surface area contributed by atoms with Gasteiger partial charge in [-0.1, -0.05) is 29.8 Å². The topological polar surface area (TPSA) is 105 Å². The Morgan fingerprint density at radius 2 is 1.66 bits per heavy atom. The number of hydrogen-bond acceptors (Lipinski definition) is 7. The average molecular weight is 517 g/mol. The number of piperazine rings is 1. The molecule has 0 radical (unpaired) electrons. The number of nitro groups is 1. The van der Waals surface area contributed by atoms with Gasteiger partial charge in [0.15, 0.2) is 0 Å². The van der Waals surface area contributed by atoms with Crippen molar-refractivity contribution in [2.75, 3.05) is 49.5 Å². The highest BCUT2D eigenvalue weighted by Crippen LogP contribution is 2.30. The van der Waals surface area contributed by atoms with Crippen LogP contribution < -0.4 is 15.0 Å². The molecule has 0 atom stereocenters. The first-order valence-electron chi connectivity index (χ1n) is 11.1. The van der Waals surface area contributed by atoms with Gasteiger partial charge in [-0.15, -0.1) is 0 Å². The molecule has 0 amide bonds. The molecule has 1 heterocycles. The molecule has 0 spiro atoms. The third kappa shape index (κ3) is 6.02. The quantitative estimate of drug-likeness (QED) is 0.257. The highest BCUT2D eigenvalue weighted by Gasteiger charge is 2.29. The molecule has 1 fully saturated rings. The van der Waals surface area contributed by atoms with Gasteiger partial charge in [-0.25, -0.2) is 8.42 Å². The van der Waals surface area contributed by atoms with E-state index in [9.17, 15) is 18.5 Å². The number of rotatable bonds is 9. The van der Waals surface area contributed by atoms with Gasteiger partial charge in [-0.05, 0) is 48.5 Å². The predicted molar refractivity (Wildman–Crippen MR) is 136 cm³/mol. The maximum atomic E-state index is 12.9. The lowest BCUT2D eigenvalue weighted by Crippen LogP contribution is -2.48. The summed E-state index contributed by atoms with van der Waals surface area (Å²) in [6.07, 6.45) is 0. The van der Waals surface area contributed by atoms with E-state index in [0.717, 1.165) is 11.4 Å². The zero-order valence-electron chi connectivity index (χ0n) is 18.8. The number of nitrogens with one attached hydrogen (secondary N) is 1. The Morgan fingerprint density at radius 3 is 2.31 bits per heavy atom. The lowest BCUT2D eigenvalue weighted by Gasteiger charge is -2.35. The Balaban J connectivity index is 1.40. The Kier molecular flexibility index (Phi) is 7.74. The van der Waals surface area contributed by atoms with Crippen molar-refractivity contribution in [2.24, 2.45) is 0 Å². The van der Waals surface area contributed by atoms with Gasteiger partial charge >= 0.3 is 0 Å². The van der Waals surface area contributed by atoms with Gasteiger partial charge < -0.3 is 15.0 Å². The van der Waals surface area contributed by atoms with Crippen molar-refractivity contribution in [3.05, 3.63) is 87.9 Å². The molecule has 0 aromatic heterocycles. The molecule has 4 rings (SSSR count). The van der Waals surface area contributed by atoms with Gasteiger partial charge in [-0.3, -0.25) is 10.1 Å². The van der Waals surface area contributed by atoms with E-state index in [4.69, 9.17) is 16.3 Å². The Hall–Kier alpha value is -3.34. The van der Waals surface area contributed by atoms with Crippen LogP contribution >= 0.6 is 11.6 Å². The second kappa shape index (κ2) is 10.9. The van der Waals surface area contributed by atoms with Crippen LogP contribution in [0.1, 0.15) is 0 Å². The molecule has 184 valence electrons. The second-order valence-corrected chi connectivity index (χ2v) is 10.3. The van der Waals surface area contributed by atoms with Gasteiger partial charge in [0.05, 0.1) is 9.82 Å². The summed E-state index contributed by atoms with van der Waals surface area (Å²) in [4.78, 5) is 13.3. The molecule has 9 nitrogen and oxygen atoms in total. The summed E-state index contributed by atoms with van der Waals surface area (Å²) in [6.45, 7) is 2.24. The molecule has 1 N–H and O–H groups in total. The number of hydrogen-bond donors (Lipinski definition) is 1. The fraction of sp³-hybridized carbons (Fsp3) is 0.250. The molecule has 0 unspecified atom stereocenters. The molecule has 0 bridgehead atoms. The van der Waals surface area contributed by atoms with E-state index < -0.39 is 14.9 Å². The number of nitro benzene ring substituents is 1. The Labute approximate surface area is 209 Å². The van der Waals surface area contributed by atoms with Crippen molar-refractivity contribution >= 4 is 38.7 Å². The summed E-state index contributed by atoms with van der Waals surface area (Å²) in [5.74, 6) is 0.726. The van der Waals surface area contributed by atoms with Crippen molar-refractivity contribution in [1.82, 2.24) is 4.31 Å². The zero-order chi connectivity index (χ0) is 24.8. The lowest BCUT2D eigenvalue weighted by molar-refractivity contribution is -0.383. The van der Waals surface area contributed by atoms with E-state index >= 15 is 0 Å². The molecule has 3 aromatic carbocycles. The Bertz CT molecular complexity index is 1260. The molecule has 1 aliphatic rings. The third-order valence-corrected chi connectivity index (χ3v) is 7.83. The number of nitrogens with zero attached hydrogens (tertiary/aromatic N) is 3. The minimum Gasteiger partial charge on any atom is -0.492 e. The summed E-state index contributed by atoms with van der Waals surface area (Å²) in [5, 5.41) is 15.1. The van der Waals surface area contributed by atoms with E-state index in [1.165, 1.54) is 22.5 Å². The van der Waals surface area contributed by atoms with Crippen LogP contribution in [0.4, 0.5) is 17.1 Å². The first-order chi connectivity index (χ1) is 16.8. The Morgan fingerprint density at radius 1 is 0.971 bits per heavy atom. The van der Waals surface area contributed by atoms with Crippen LogP contribution in [0.5, 0.6) is 5.75 Å². The molecule has 1 saturated heterocycles. The first-order valence-corrected chi connectivity index (χ1v) is 12.9. The van der Waals surface area contributed by atoms with Crippen LogP contribution in [0.2, 0.25) is 5.02 Å². The number of benzene rings is 3. The van der Waals surface area contributed by atoms with E-state index in [2.05, 4.69) is 5.32 Å².